The van der Waals surface area contributed by atoms with Crippen molar-refractivity contribution in [3.63, 3.8) is 0 Å². The predicted octanol–water partition coefficient (Wildman–Crippen LogP) is 1.41. The van der Waals surface area contributed by atoms with Crippen molar-refractivity contribution in [3.8, 4) is 11.5 Å². The van der Waals surface area contributed by atoms with Crippen molar-refractivity contribution < 1.29 is 26.9 Å². The maximum absolute atomic E-state index is 11.3. The van der Waals surface area contributed by atoms with Crippen LogP contribution in [0.4, 0.5) is 0 Å². The molecule has 0 saturated carbocycles. The quantitative estimate of drug-likeness (QED) is 0.615. The second-order valence-corrected chi connectivity index (χ2v) is 5.40. The first-order valence-corrected chi connectivity index (χ1v) is 6.88. The van der Waals surface area contributed by atoms with Crippen LogP contribution in [-0.2, 0) is 14.1 Å². The molecular weight excluding hydrogens is 280 g/mol. The molecule has 0 aliphatic rings. The summed E-state index contributed by atoms with van der Waals surface area (Å²) in [5.41, 5.74) is 0. The SMILES string of the molecule is COC(=O)c1scc(OC)c1OS(=O)(=O)Cl. The van der Waals surface area contributed by atoms with Gasteiger partial charge in [-0.05, 0) is 0 Å². The molecule has 0 unspecified atom stereocenters. The molecule has 0 saturated heterocycles. The van der Waals surface area contributed by atoms with Crippen molar-refractivity contribution in [2.24, 2.45) is 0 Å². The Kier molecular flexibility index (Phi) is 4.00. The zero-order valence-electron chi connectivity index (χ0n) is 8.22. The molecule has 6 nitrogen and oxygen atoms in total. The normalized spacial score (nSPS) is 10.9. The van der Waals surface area contributed by atoms with Gasteiger partial charge in [-0.25, -0.2) is 4.79 Å². The number of esters is 1. The third kappa shape index (κ3) is 3.00. The first-order chi connectivity index (χ1) is 7.39. The highest BCUT2D eigenvalue weighted by molar-refractivity contribution is 8.10. The van der Waals surface area contributed by atoms with Crippen LogP contribution in [0, 0.1) is 0 Å². The lowest BCUT2D eigenvalue weighted by Gasteiger charge is -2.04. The topological polar surface area (TPSA) is 78.9 Å². The lowest BCUT2D eigenvalue weighted by atomic mass is 10.4. The molecular formula is C7H7ClO6S2. The number of carbonyl (C=O) groups is 1. The first-order valence-electron chi connectivity index (χ1n) is 3.77. The molecule has 0 spiro atoms. The number of rotatable bonds is 4. The van der Waals surface area contributed by atoms with E-state index in [1.807, 2.05) is 0 Å². The van der Waals surface area contributed by atoms with E-state index in [4.69, 9.17) is 15.4 Å². The zero-order valence-corrected chi connectivity index (χ0v) is 10.6. The lowest BCUT2D eigenvalue weighted by Crippen LogP contribution is -2.06. The van der Waals surface area contributed by atoms with Gasteiger partial charge in [-0.15, -0.1) is 11.3 Å². The molecule has 9 heteroatoms. The van der Waals surface area contributed by atoms with Crippen LogP contribution in [0.15, 0.2) is 5.38 Å². The molecule has 0 fully saturated rings. The molecule has 16 heavy (non-hydrogen) atoms. The number of halogens is 1. The fourth-order valence-electron chi connectivity index (χ4n) is 0.884. The minimum atomic E-state index is -4.25. The summed E-state index contributed by atoms with van der Waals surface area (Å²) >= 11 is 0.926. The van der Waals surface area contributed by atoms with E-state index in [-0.39, 0.29) is 16.4 Å². The van der Waals surface area contributed by atoms with E-state index in [1.165, 1.54) is 12.5 Å². The van der Waals surface area contributed by atoms with Crippen molar-refractivity contribution in [3.05, 3.63) is 10.3 Å². The minimum Gasteiger partial charge on any atom is -0.492 e. The highest BCUT2D eigenvalue weighted by Gasteiger charge is 2.24. The van der Waals surface area contributed by atoms with Crippen LogP contribution in [0.25, 0.3) is 0 Å². The number of hydrogen-bond acceptors (Lipinski definition) is 7. The Balaban J connectivity index is 3.21. The van der Waals surface area contributed by atoms with Gasteiger partial charge < -0.3 is 13.7 Å². The Morgan fingerprint density at radius 2 is 2.06 bits per heavy atom. The molecule has 90 valence electrons. The maximum atomic E-state index is 11.3. The maximum Gasteiger partial charge on any atom is 0.401 e. The first kappa shape index (κ1) is 13.1. The summed E-state index contributed by atoms with van der Waals surface area (Å²) in [6, 6.07) is 0. The average Bonchev–Trinajstić information content (AvgIpc) is 2.57. The Hall–Kier alpha value is -0.990. The largest absolute Gasteiger partial charge is 0.492 e. The third-order valence-electron chi connectivity index (χ3n) is 1.49. The molecule has 0 amide bonds. The Morgan fingerprint density at radius 1 is 1.44 bits per heavy atom. The second kappa shape index (κ2) is 4.89. The van der Waals surface area contributed by atoms with Crippen LogP contribution in [0.3, 0.4) is 0 Å². The summed E-state index contributed by atoms with van der Waals surface area (Å²) in [5, 5.41) is 1.41. The molecule has 0 aliphatic carbocycles. The summed E-state index contributed by atoms with van der Waals surface area (Å²) in [6.45, 7) is 0. The number of carbonyl (C=O) groups excluding carboxylic acids is 1. The molecule has 0 aromatic carbocycles. The minimum absolute atomic E-state index is 0.0384. The molecule has 0 bridgehead atoms. The highest BCUT2D eigenvalue weighted by atomic mass is 35.7. The van der Waals surface area contributed by atoms with Gasteiger partial charge >= 0.3 is 15.3 Å². The van der Waals surface area contributed by atoms with E-state index >= 15 is 0 Å². The van der Waals surface area contributed by atoms with Crippen LogP contribution < -0.4 is 8.92 Å². The van der Waals surface area contributed by atoms with E-state index in [2.05, 4.69) is 8.92 Å². The van der Waals surface area contributed by atoms with Gasteiger partial charge in [0.05, 0.1) is 24.9 Å². The fourth-order valence-corrected chi connectivity index (χ4v) is 2.35. The van der Waals surface area contributed by atoms with E-state index in [0.717, 1.165) is 18.4 Å². The van der Waals surface area contributed by atoms with Crippen LogP contribution >= 0.6 is 22.0 Å². The molecule has 1 rings (SSSR count). The predicted molar refractivity (Wildman–Crippen MR) is 57.6 cm³/mol. The third-order valence-corrected chi connectivity index (χ3v) is 2.96. The molecule has 1 aromatic rings. The number of thiophene rings is 1. The van der Waals surface area contributed by atoms with Crippen LogP contribution in [0.1, 0.15) is 9.67 Å². The van der Waals surface area contributed by atoms with E-state index < -0.39 is 15.3 Å². The smallest absolute Gasteiger partial charge is 0.401 e. The van der Waals surface area contributed by atoms with Crippen molar-refractivity contribution in [2.45, 2.75) is 0 Å². The van der Waals surface area contributed by atoms with Crippen LogP contribution in [-0.4, -0.2) is 28.6 Å². The summed E-state index contributed by atoms with van der Waals surface area (Å²) < 4.78 is 35.2. The fraction of sp³-hybridized carbons (Fsp3) is 0.286. The Labute approximate surface area is 100 Å². The van der Waals surface area contributed by atoms with Gasteiger partial charge in [0.1, 0.15) is 0 Å². The van der Waals surface area contributed by atoms with E-state index in [9.17, 15) is 13.2 Å². The number of ether oxygens (including phenoxy) is 2. The van der Waals surface area contributed by atoms with Crippen molar-refractivity contribution >= 4 is 37.3 Å². The summed E-state index contributed by atoms with van der Waals surface area (Å²) in [7, 11) is 3.13. The Bertz CT molecular complexity index is 491. The monoisotopic (exact) mass is 286 g/mol. The molecule has 0 atom stereocenters. The van der Waals surface area contributed by atoms with Gasteiger partial charge in [0.25, 0.3) is 0 Å². The van der Waals surface area contributed by atoms with Crippen molar-refractivity contribution in [1.82, 2.24) is 0 Å². The van der Waals surface area contributed by atoms with Crippen molar-refractivity contribution in [1.29, 1.82) is 0 Å². The van der Waals surface area contributed by atoms with Gasteiger partial charge in [-0.2, -0.15) is 8.42 Å². The standard InChI is InChI=1S/C7H7ClO6S2/c1-12-4-3-15-6(7(9)13-2)5(4)14-16(8,10)11/h3H,1-2H3. The highest BCUT2D eigenvalue weighted by Crippen LogP contribution is 2.38. The molecule has 0 aliphatic heterocycles. The summed E-state index contributed by atoms with van der Waals surface area (Å²) in [5.74, 6) is -0.910. The van der Waals surface area contributed by atoms with Crippen LogP contribution in [0.5, 0.6) is 11.5 Å². The summed E-state index contributed by atoms with van der Waals surface area (Å²) in [6.07, 6.45) is 0. The lowest BCUT2D eigenvalue weighted by molar-refractivity contribution is 0.0604. The average molecular weight is 287 g/mol. The number of methoxy groups -OCH3 is 2. The molecule has 0 N–H and O–H groups in total. The van der Waals surface area contributed by atoms with Gasteiger partial charge in [-0.1, -0.05) is 0 Å². The second-order valence-electron chi connectivity index (χ2n) is 2.43. The molecule has 0 radical (unpaired) electrons. The zero-order chi connectivity index (χ0) is 12.3. The summed E-state index contributed by atoms with van der Waals surface area (Å²) in [4.78, 5) is 11.2. The van der Waals surface area contributed by atoms with Gasteiger partial charge in [0.15, 0.2) is 10.6 Å². The Morgan fingerprint density at radius 3 is 2.50 bits per heavy atom. The van der Waals surface area contributed by atoms with Crippen molar-refractivity contribution in [2.75, 3.05) is 14.2 Å². The van der Waals surface area contributed by atoms with Crippen LogP contribution in [0.2, 0.25) is 0 Å². The number of hydrogen-bond donors (Lipinski definition) is 0. The van der Waals surface area contributed by atoms with Gasteiger partial charge in [-0.3, -0.25) is 0 Å². The van der Waals surface area contributed by atoms with Gasteiger partial charge in [0.2, 0.25) is 5.75 Å². The van der Waals surface area contributed by atoms with E-state index in [1.54, 1.807) is 0 Å². The van der Waals surface area contributed by atoms with Gasteiger partial charge in [0, 0.05) is 5.38 Å². The molecule has 1 heterocycles. The van der Waals surface area contributed by atoms with E-state index in [0.29, 0.717) is 0 Å². The molecule has 1 aromatic heterocycles.